The second-order valence-electron chi connectivity index (χ2n) is 7.33. The molecular formula is C22H15ClF4N2O4. The Morgan fingerprint density at radius 1 is 1.12 bits per heavy atom. The van der Waals surface area contributed by atoms with E-state index in [1.54, 1.807) is 0 Å². The van der Waals surface area contributed by atoms with Gasteiger partial charge in [0.05, 0.1) is 28.0 Å². The third-order valence-corrected chi connectivity index (χ3v) is 4.93. The topological polar surface area (TPSA) is 77.0 Å². The SMILES string of the molecule is O=C1C=C(NC(=O)c2cc(Cl)c(C(F)(F)F)cc2Oc2ccc(F)cc2OC2CC2)C=NC1. The number of aliphatic imine (C=N–C) groups is 1. The normalized spacial score (nSPS) is 15.8. The number of halogens is 5. The zero-order valence-electron chi connectivity index (χ0n) is 16.7. The highest BCUT2D eigenvalue weighted by Crippen LogP contribution is 2.42. The molecule has 1 aliphatic carbocycles. The van der Waals surface area contributed by atoms with E-state index in [9.17, 15) is 27.2 Å². The van der Waals surface area contributed by atoms with Gasteiger partial charge in [-0.2, -0.15) is 13.2 Å². The van der Waals surface area contributed by atoms with Gasteiger partial charge in [0, 0.05) is 18.4 Å². The molecule has 1 saturated carbocycles. The van der Waals surface area contributed by atoms with Gasteiger partial charge in [-0.3, -0.25) is 14.6 Å². The minimum atomic E-state index is -4.83. The van der Waals surface area contributed by atoms with Crippen molar-refractivity contribution >= 4 is 29.5 Å². The Morgan fingerprint density at radius 2 is 1.88 bits per heavy atom. The Morgan fingerprint density at radius 3 is 2.55 bits per heavy atom. The summed E-state index contributed by atoms with van der Waals surface area (Å²) in [5, 5.41) is 1.66. The number of amides is 1. The van der Waals surface area contributed by atoms with E-state index in [-0.39, 0.29) is 41.2 Å². The van der Waals surface area contributed by atoms with Crippen molar-refractivity contribution in [2.45, 2.75) is 25.1 Å². The monoisotopic (exact) mass is 482 g/mol. The van der Waals surface area contributed by atoms with Gasteiger partial charge in [0.15, 0.2) is 17.3 Å². The molecule has 4 rings (SSSR count). The lowest BCUT2D eigenvalue weighted by Gasteiger charge is -2.18. The van der Waals surface area contributed by atoms with E-state index in [2.05, 4.69) is 10.3 Å². The first-order valence-corrected chi connectivity index (χ1v) is 10.1. The Hall–Kier alpha value is -3.40. The molecule has 0 spiro atoms. The van der Waals surface area contributed by atoms with Crippen LogP contribution in [0.1, 0.15) is 28.8 Å². The molecule has 0 unspecified atom stereocenters. The lowest BCUT2D eigenvalue weighted by Crippen LogP contribution is -2.27. The van der Waals surface area contributed by atoms with Crippen LogP contribution in [-0.2, 0) is 11.0 Å². The molecule has 0 radical (unpaired) electrons. The van der Waals surface area contributed by atoms with Gasteiger partial charge in [-0.25, -0.2) is 4.39 Å². The Balaban J connectivity index is 1.73. The standard InChI is InChI=1S/C22H15ClF4N2O4/c23-17-7-15(21(31)29-12-6-13(30)10-28-9-12)19(8-16(17)22(25,26)27)33-18-4-1-11(24)5-20(18)32-14-2-3-14/h1,4-9,14H,2-3,10H2,(H,29,31). The van der Waals surface area contributed by atoms with Crippen LogP contribution in [0.2, 0.25) is 5.02 Å². The first-order chi connectivity index (χ1) is 15.6. The molecule has 1 fully saturated rings. The number of carbonyl (C=O) groups excluding carboxylic acids is 2. The number of hydrogen-bond donors (Lipinski definition) is 1. The highest BCUT2D eigenvalue weighted by molar-refractivity contribution is 6.32. The number of hydrogen-bond acceptors (Lipinski definition) is 5. The molecule has 2 aromatic carbocycles. The van der Waals surface area contributed by atoms with E-state index in [4.69, 9.17) is 21.1 Å². The summed E-state index contributed by atoms with van der Waals surface area (Å²) in [6.45, 7) is -0.0752. The number of nitrogens with zero attached hydrogens (tertiary/aromatic N) is 1. The smallest absolute Gasteiger partial charge is 0.417 e. The summed E-state index contributed by atoms with van der Waals surface area (Å²) >= 11 is 5.80. The fourth-order valence-corrected chi connectivity index (χ4v) is 3.20. The molecule has 172 valence electrons. The number of benzene rings is 2. The molecule has 6 nitrogen and oxygen atoms in total. The van der Waals surface area contributed by atoms with Gasteiger partial charge in [0.1, 0.15) is 18.1 Å². The highest BCUT2D eigenvalue weighted by atomic mass is 35.5. The minimum absolute atomic E-state index is 0.0138. The molecule has 1 aliphatic heterocycles. The molecule has 11 heteroatoms. The summed E-state index contributed by atoms with van der Waals surface area (Å²) < 4.78 is 65.3. The third kappa shape index (κ3) is 5.51. The van der Waals surface area contributed by atoms with Crippen LogP contribution < -0.4 is 14.8 Å². The van der Waals surface area contributed by atoms with Crippen LogP contribution in [0.3, 0.4) is 0 Å². The molecule has 2 aromatic rings. The quantitative estimate of drug-likeness (QED) is 0.581. The van der Waals surface area contributed by atoms with Gasteiger partial charge >= 0.3 is 6.18 Å². The summed E-state index contributed by atoms with van der Waals surface area (Å²) in [6.07, 6.45) is -1.10. The van der Waals surface area contributed by atoms with Gasteiger partial charge in [-0.05, 0) is 37.1 Å². The number of ether oxygens (including phenoxy) is 2. The molecule has 1 amide bonds. The number of carbonyl (C=O) groups is 2. The van der Waals surface area contributed by atoms with Gasteiger partial charge in [-0.15, -0.1) is 0 Å². The molecule has 0 atom stereocenters. The first kappa shape index (κ1) is 22.8. The second kappa shape index (κ2) is 8.86. The maximum atomic E-state index is 13.7. The molecule has 33 heavy (non-hydrogen) atoms. The van der Waals surface area contributed by atoms with Gasteiger partial charge in [-0.1, -0.05) is 11.6 Å². The van der Waals surface area contributed by atoms with Crippen LogP contribution >= 0.6 is 11.6 Å². The number of allylic oxidation sites excluding steroid dienone is 1. The molecule has 0 saturated heterocycles. The third-order valence-electron chi connectivity index (χ3n) is 4.61. The number of ketones is 1. The van der Waals surface area contributed by atoms with Crippen LogP contribution in [0.5, 0.6) is 17.2 Å². The fourth-order valence-electron chi connectivity index (χ4n) is 2.93. The minimum Gasteiger partial charge on any atom is -0.486 e. The number of rotatable bonds is 6. The van der Waals surface area contributed by atoms with Crippen molar-refractivity contribution in [3.8, 4) is 17.2 Å². The van der Waals surface area contributed by atoms with Gasteiger partial charge in [0.2, 0.25) is 0 Å². The highest BCUT2D eigenvalue weighted by Gasteiger charge is 2.35. The summed E-state index contributed by atoms with van der Waals surface area (Å²) in [5.74, 6) is -2.46. The predicted octanol–water partition coefficient (Wildman–Crippen LogP) is 5.10. The molecular weight excluding hydrogens is 468 g/mol. The summed E-state index contributed by atoms with van der Waals surface area (Å²) in [5.41, 5.74) is -1.52. The van der Waals surface area contributed by atoms with Crippen molar-refractivity contribution in [3.05, 3.63) is 64.1 Å². The zero-order chi connectivity index (χ0) is 23.8. The average Bonchev–Trinajstić information content (AvgIpc) is 3.54. The van der Waals surface area contributed by atoms with Crippen LogP contribution in [-0.4, -0.2) is 30.6 Å². The second-order valence-corrected chi connectivity index (χ2v) is 7.73. The van der Waals surface area contributed by atoms with Crippen LogP contribution in [0.4, 0.5) is 17.6 Å². The van der Waals surface area contributed by atoms with Crippen LogP contribution in [0.15, 0.2) is 47.1 Å². The van der Waals surface area contributed by atoms with E-state index >= 15 is 0 Å². The van der Waals surface area contributed by atoms with E-state index < -0.39 is 34.2 Å². The van der Waals surface area contributed by atoms with E-state index in [0.717, 1.165) is 37.1 Å². The molecule has 2 aliphatic rings. The lowest BCUT2D eigenvalue weighted by molar-refractivity contribution is -0.137. The van der Waals surface area contributed by atoms with Crippen LogP contribution in [0.25, 0.3) is 0 Å². The molecule has 0 bridgehead atoms. The van der Waals surface area contributed by atoms with Crippen molar-refractivity contribution in [1.29, 1.82) is 0 Å². The maximum absolute atomic E-state index is 13.7. The maximum Gasteiger partial charge on any atom is 0.417 e. The Kier molecular flexibility index (Phi) is 6.11. The Labute approximate surface area is 189 Å². The fraction of sp³-hybridized carbons (Fsp3) is 0.227. The predicted molar refractivity (Wildman–Crippen MR) is 110 cm³/mol. The van der Waals surface area contributed by atoms with Crippen molar-refractivity contribution in [2.75, 3.05) is 6.54 Å². The van der Waals surface area contributed by atoms with E-state index in [0.29, 0.717) is 6.07 Å². The van der Waals surface area contributed by atoms with E-state index in [1.807, 2.05) is 0 Å². The molecule has 1 heterocycles. The van der Waals surface area contributed by atoms with Crippen molar-refractivity contribution in [3.63, 3.8) is 0 Å². The summed E-state index contributed by atoms with van der Waals surface area (Å²) in [7, 11) is 0. The number of dihydropyridines is 1. The van der Waals surface area contributed by atoms with E-state index in [1.165, 1.54) is 12.3 Å². The van der Waals surface area contributed by atoms with Crippen molar-refractivity contribution < 1.29 is 36.6 Å². The summed E-state index contributed by atoms with van der Waals surface area (Å²) in [4.78, 5) is 28.1. The van der Waals surface area contributed by atoms with Crippen LogP contribution in [0, 0.1) is 5.82 Å². The number of alkyl halides is 3. The zero-order valence-corrected chi connectivity index (χ0v) is 17.5. The Bertz CT molecular complexity index is 1190. The lowest BCUT2D eigenvalue weighted by atomic mass is 10.1. The largest absolute Gasteiger partial charge is 0.486 e. The van der Waals surface area contributed by atoms with Gasteiger partial charge in [0.25, 0.3) is 5.91 Å². The molecule has 0 aromatic heterocycles. The van der Waals surface area contributed by atoms with Crippen molar-refractivity contribution in [1.82, 2.24) is 5.32 Å². The molecule has 1 N–H and O–H groups in total. The average molecular weight is 483 g/mol. The summed E-state index contributed by atoms with van der Waals surface area (Å²) in [6, 6.07) is 4.66. The van der Waals surface area contributed by atoms with Crippen molar-refractivity contribution in [2.24, 2.45) is 4.99 Å². The number of nitrogens with one attached hydrogen (secondary N) is 1. The van der Waals surface area contributed by atoms with Gasteiger partial charge < -0.3 is 14.8 Å². The first-order valence-electron chi connectivity index (χ1n) is 9.70.